The second-order valence-corrected chi connectivity index (χ2v) is 5.28. The van der Waals surface area contributed by atoms with Gasteiger partial charge in [0.1, 0.15) is 0 Å². The first-order valence-electron chi connectivity index (χ1n) is 5.65. The molecular formula is C11H20N2O2. The molecule has 2 fully saturated rings. The van der Waals surface area contributed by atoms with E-state index in [0.717, 1.165) is 32.6 Å². The highest BCUT2D eigenvalue weighted by atomic mass is 16.6. The van der Waals surface area contributed by atoms with Crippen LogP contribution in [0.15, 0.2) is 0 Å². The smallest absolute Gasteiger partial charge is 0.410 e. The van der Waals surface area contributed by atoms with Crippen molar-refractivity contribution in [1.29, 1.82) is 0 Å². The van der Waals surface area contributed by atoms with Gasteiger partial charge in [-0.25, -0.2) is 4.79 Å². The molecule has 0 aromatic carbocycles. The molecule has 15 heavy (non-hydrogen) atoms. The van der Waals surface area contributed by atoms with Crippen LogP contribution >= 0.6 is 0 Å². The van der Waals surface area contributed by atoms with Crippen molar-refractivity contribution in [2.24, 2.45) is 5.41 Å². The van der Waals surface area contributed by atoms with E-state index in [1.54, 1.807) is 0 Å². The van der Waals surface area contributed by atoms with Crippen molar-refractivity contribution >= 4 is 6.09 Å². The Balaban J connectivity index is 1.85. The lowest BCUT2D eigenvalue weighted by molar-refractivity contribution is 0.0257. The van der Waals surface area contributed by atoms with Gasteiger partial charge in [-0.3, -0.25) is 0 Å². The van der Waals surface area contributed by atoms with E-state index in [2.05, 4.69) is 11.9 Å². The topological polar surface area (TPSA) is 32.8 Å². The first-order valence-corrected chi connectivity index (χ1v) is 5.65. The van der Waals surface area contributed by atoms with Crippen LogP contribution in [0.25, 0.3) is 0 Å². The SMILES string of the molecule is CC(C)OC(=O)N1CCC2(CN(C)C2)C1. The molecule has 86 valence electrons. The van der Waals surface area contributed by atoms with E-state index >= 15 is 0 Å². The van der Waals surface area contributed by atoms with Crippen molar-refractivity contribution in [1.82, 2.24) is 9.80 Å². The lowest BCUT2D eigenvalue weighted by Crippen LogP contribution is -2.55. The number of ether oxygens (including phenoxy) is 1. The second-order valence-electron chi connectivity index (χ2n) is 5.28. The minimum Gasteiger partial charge on any atom is -0.447 e. The zero-order chi connectivity index (χ0) is 11.1. The van der Waals surface area contributed by atoms with Crippen LogP contribution < -0.4 is 0 Å². The lowest BCUT2D eigenvalue weighted by atomic mass is 9.80. The summed E-state index contributed by atoms with van der Waals surface area (Å²) in [6.45, 7) is 7.76. The fourth-order valence-electron chi connectivity index (χ4n) is 2.72. The van der Waals surface area contributed by atoms with Crippen LogP contribution in [0.1, 0.15) is 20.3 Å². The van der Waals surface area contributed by atoms with Crippen molar-refractivity contribution in [3.05, 3.63) is 0 Å². The van der Waals surface area contributed by atoms with E-state index in [1.165, 1.54) is 0 Å². The summed E-state index contributed by atoms with van der Waals surface area (Å²) in [5, 5.41) is 0. The average Bonchev–Trinajstić information content (AvgIpc) is 2.47. The molecule has 1 amide bonds. The summed E-state index contributed by atoms with van der Waals surface area (Å²) in [6.07, 6.45) is 0.972. The fourth-order valence-corrected chi connectivity index (χ4v) is 2.72. The fraction of sp³-hybridized carbons (Fsp3) is 0.909. The van der Waals surface area contributed by atoms with Crippen molar-refractivity contribution in [3.63, 3.8) is 0 Å². The predicted octanol–water partition coefficient (Wildman–Crippen LogP) is 1.17. The molecule has 0 radical (unpaired) electrons. The van der Waals surface area contributed by atoms with E-state index in [1.807, 2.05) is 18.7 Å². The van der Waals surface area contributed by atoms with E-state index in [4.69, 9.17) is 4.74 Å². The molecule has 2 aliphatic heterocycles. The molecule has 2 heterocycles. The molecule has 0 saturated carbocycles. The van der Waals surface area contributed by atoms with E-state index in [0.29, 0.717) is 5.41 Å². The van der Waals surface area contributed by atoms with Crippen LogP contribution in [0.3, 0.4) is 0 Å². The molecule has 0 aliphatic carbocycles. The first-order chi connectivity index (χ1) is 7.01. The van der Waals surface area contributed by atoms with Gasteiger partial charge in [0.25, 0.3) is 0 Å². The number of carbonyl (C=O) groups is 1. The van der Waals surface area contributed by atoms with Crippen LogP contribution in [0.4, 0.5) is 4.79 Å². The normalized spacial score (nSPS) is 24.7. The summed E-state index contributed by atoms with van der Waals surface area (Å²) in [6, 6.07) is 0. The molecule has 0 aromatic heterocycles. The van der Waals surface area contributed by atoms with Crippen molar-refractivity contribution in [2.75, 3.05) is 33.2 Å². The molecule has 2 saturated heterocycles. The highest BCUT2D eigenvalue weighted by molar-refractivity contribution is 5.68. The van der Waals surface area contributed by atoms with Crippen molar-refractivity contribution in [3.8, 4) is 0 Å². The summed E-state index contributed by atoms with van der Waals surface area (Å²) in [5.74, 6) is 0. The zero-order valence-corrected chi connectivity index (χ0v) is 9.82. The Labute approximate surface area is 91.2 Å². The third-order valence-electron chi connectivity index (χ3n) is 3.24. The van der Waals surface area contributed by atoms with Gasteiger partial charge in [-0.1, -0.05) is 0 Å². The number of carbonyl (C=O) groups excluding carboxylic acids is 1. The monoisotopic (exact) mass is 212 g/mol. The molecule has 2 rings (SSSR count). The van der Waals surface area contributed by atoms with Crippen molar-refractivity contribution < 1.29 is 9.53 Å². The maximum atomic E-state index is 11.7. The van der Waals surface area contributed by atoms with Gasteiger partial charge in [0.15, 0.2) is 0 Å². The molecular weight excluding hydrogens is 192 g/mol. The zero-order valence-electron chi connectivity index (χ0n) is 9.82. The Kier molecular flexibility index (Phi) is 2.63. The van der Waals surface area contributed by atoms with Gasteiger partial charge in [-0.2, -0.15) is 0 Å². The number of hydrogen-bond acceptors (Lipinski definition) is 3. The summed E-state index contributed by atoms with van der Waals surface area (Å²) in [5.41, 5.74) is 0.380. The van der Waals surface area contributed by atoms with Gasteiger partial charge in [-0.15, -0.1) is 0 Å². The highest BCUT2D eigenvalue weighted by Crippen LogP contribution is 2.38. The molecule has 0 N–H and O–H groups in total. The van der Waals surface area contributed by atoms with E-state index in [-0.39, 0.29) is 12.2 Å². The van der Waals surface area contributed by atoms with Gasteiger partial charge < -0.3 is 14.5 Å². The Hall–Kier alpha value is -0.770. The third-order valence-corrected chi connectivity index (χ3v) is 3.24. The maximum absolute atomic E-state index is 11.7. The minimum atomic E-state index is -0.142. The first kappa shape index (κ1) is 10.7. The van der Waals surface area contributed by atoms with E-state index < -0.39 is 0 Å². The molecule has 0 atom stereocenters. The molecule has 2 aliphatic rings. The third kappa shape index (κ3) is 2.09. The molecule has 0 unspecified atom stereocenters. The maximum Gasteiger partial charge on any atom is 0.410 e. The van der Waals surface area contributed by atoms with Crippen LogP contribution in [0.2, 0.25) is 0 Å². The Morgan fingerprint density at radius 2 is 2.00 bits per heavy atom. The molecule has 0 aromatic rings. The molecule has 1 spiro atoms. The number of rotatable bonds is 1. The standard InChI is InChI=1S/C11H20N2O2/c1-9(2)15-10(14)13-5-4-11(8-13)6-12(3)7-11/h9H,4-8H2,1-3H3. The number of likely N-dealkylation sites (tertiary alicyclic amines) is 2. The number of amides is 1. The van der Waals surface area contributed by atoms with Crippen LogP contribution in [-0.4, -0.2) is 55.2 Å². The largest absolute Gasteiger partial charge is 0.447 e. The lowest BCUT2D eigenvalue weighted by Gasteiger charge is -2.45. The van der Waals surface area contributed by atoms with Gasteiger partial charge >= 0.3 is 6.09 Å². The highest BCUT2D eigenvalue weighted by Gasteiger charge is 2.47. The van der Waals surface area contributed by atoms with Gasteiger partial charge in [0, 0.05) is 31.6 Å². The average molecular weight is 212 g/mol. The van der Waals surface area contributed by atoms with Crippen molar-refractivity contribution in [2.45, 2.75) is 26.4 Å². The van der Waals surface area contributed by atoms with E-state index in [9.17, 15) is 4.79 Å². The van der Waals surface area contributed by atoms with Crippen LogP contribution in [0.5, 0.6) is 0 Å². The Morgan fingerprint density at radius 1 is 1.33 bits per heavy atom. The minimum absolute atomic E-state index is 0.0156. The quantitative estimate of drug-likeness (QED) is 0.654. The summed E-state index contributed by atoms with van der Waals surface area (Å²) in [7, 11) is 2.13. The summed E-state index contributed by atoms with van der Waals surface area (Å²) < 4.78 is 5.20. The van der Waals surface area contributed by atoms with Gasteiger partial charge in [-0.05, 0) is 27.3 Å². The number of hydrogen-bond donors (Lipinski definition) is 0. The summed E-state index contributed by atoms with van der Waals surface area (Å²) >= 11 is 0. The van der Waals surface area contributed by atoms with Gasteiger partial charge in [0.05, 0.1) is 6.10 Å². The van der Waals surface area contributed by atoms with Gasteiger partial charge in [0.2, 0.25) is 0 Å². The number of nitrogens with zero attached hydrogens (tertiary/aromatic N) is 2. The summed E-state index contributed by atoms with van der Waals surface area (Å²) in [4.78, 5) is 15.8. The van der Waals surface area contributed by atoms with Crippen LogP contribution in [-0.2, 0) is 4.74 Å². The van der Waals surface area contributed by atoms with Crippen LogP contribution in [0, 0.1) is 5.41 Å². The second kappa shape index (κ2) is 3.67. The molecule has 4 heteroatoms. The predicted molar refractivity (Wildman–Crippen MR) is 57.7 cm³/mol. The molecule has 4 nitrogen and oxygen atoms in total. The Morgan fingerprint density at radius 3 is 2.53 bits per heavy atom. The Bertz CT molecular complexity index is 259. The molecule has 0 bridgehead atoms.